The summed E-state index contributed by atoms with van der Waals surface area (Å²) in [6, 6.07) is 11.7. The standard InChI is InChI=1S/C26H22N6O4S/c1-2-13-31-25(33)22(15-19-11-12-21(36-19)17-7-9-18(10-8-17)32(34)35)37-26(31)20(16-27)24-29-28-23-6-4-3-5-14-30(23)24/h2,7-12,15H,1,3-6,13-14H2. The second kappa shape index (κ2) is 10.2. The smallest absolute Gasteiger partial charge is 0.269 e. The number of fused-ring (bicyclic) bond motifs is 1. The number of rotatable bonds is 6. The quantitative estimate of drug-likeness (QED) is 0.219. The highest BCUT2D eigenvalue weighted by atomic mass is 32.1. The number of nitro groups is 1. The minimum atomic E-state index is -0.461. The lowest BCUT2D eigenvalue weighted by Crippen LogP contribution is -2.32. The van der Waals surface area contributed by atoms with Crippen LogP contribution in [0, 0.1) is 21.4 Å². The van der Waals surface area contributed by atoms with Gasteiger partial charge < -0.3 is 8.98 Å². The van der Waals surface area contributed by atoms with E-state index in [0.717, 1.165) is 38.1 Å². The van der Waals surface area contributed by atoms with Crippen LogP contribution in [-0.4, -0.2) is 24.3 Å². The number of allylic oxidation sites excluding steroid dienone is 1. The Morgan fingerprint density at radius 2 is 2.03 bits per heavy atom. The van der Waals surface area contributed by atoms with Crippen LogP contribution in [0.4, 0.5) is 5.69 Å². The monoisotopic (exact) mass is 514 g/mol. The van der Waals surface area contributed by atoms with Crippen LogP contribution in [0.2, 0.25) is 0 Å². The van der Waals surface area contributed by atoms with Gasteiger partial charge in [-0.25, -0.2) is 0 Å². The maximum atomic E-state index is 13.3. The van der Waals surface area contributed by atoms with E-state index in [4.69, 9.17) is 4.42 Å². The van der Waals surface area contributed by atoms with Crippen molar-refractivity contribution in [3.05, 3.63) is 96.1 Å². The molecule has 0 amide bonds. The van der Waals surface area contributed by atoms with Gasteiger partial charge in [0.25, 0.3) is 11.2 Å². The third kappa shape index (κ3) is 4.66. The van der Waals surface area contributed by atoms with Crippen molar-refractivity contribution in [1.29, 1.82) is 5.26 Å². The number of hydrogen-bond acceptors (Lipinski definition) is 8. The van der Waals surface area contributed by atoms with Crippen LogP contribution in [0.1, 0.15) is 36.7 Å². The van der Waals surface area contributed by atoms with Crippen molar-refractivity contribution >= 4 is 28.7 Å². The molecule has 5 rings (SSSR count). The molecule has 186 valence electrons. The normalized spacial score (nSPS) is 14.5. The molecule has 10 nitrogen and oxygen atoms in total. The van der Waals surface area contributed by atoms with Crippen molar-refractivity contribution in [2.24, 2.45) is 0 Å². The van der Waals surface area contributed by atoms with Gasteiger partial charge in [0.1, 0.15) is 33.7 Å². The Morgan fingerprint density at radius 1 is 1.22 bits per heavy atom. The van der Waals surface area contributed by atoms with Crippen LogP contribution in [0.5, 0.6) is 0 Å². The maximum absolute atomic E-state index is 13.3. The molecule has 1 aliphatic heterocycles. The van der Waals surface area contributed by atoms with Crippen molar-refractivity contribution < 1.29 is 9.34 Å². The zero-order valence-corrected chi connectivity index (χ0v) is 20.6. The van der Waals surface area contributed by atoms with Gasteiger partial charge in [0.15, 0.2) is 5.82 Å². The average Bonchev–Trinajstić information content (AvgIpc) is 3.55. The van der Waals surface area contributed by atoms with Gasteiger partial charge in [-0.3, -0.25) is 19.5 Å². The number of aromatic nitrogens is 4. The average molecular weight is 515 g/mol. The number of non-ortho nitro benzene ring substituents is 1. The largest absolute Gasteiger partial charge is 0.457 e. The minimum absolute atomic E-state index is 0.00918. The number of benzene rings is 1. The summed E-state index contributed by atoms with van der Waals surface area (Å²) >= 11 is 1.19. The molecule has 0 aliphatic carbocycles. The van der Waals surface area contributed by atoms with Crippen molar-refractivity contribution in [2.45, 2.75) is 38.8 Å². The second-order valence-corrected chi connectivity index (χ2v) is 9.55. The first kappa shape index (κ1) is 24.1. The lowest BCUT2D eigenvalue weighted by Gasteiger charge is -2.06. The van der Waals surface area contributed by atoms with Gasteiger partial charge in [-0.2, -0.15) is 5.26 Å². The van der Waals surface area contributed by atoms with Crippen molar-refractivity contribution in [1.82, 2.24) is 19.3 Å². The summed E-state index contributed by atoms with van der Waals surface area (Å²) in [7, 11) is 0. The van der Waals surface area contributed by atoms with Crippen LogP contribution in [0.3, 0.4) is 0 Å². The number of hydrogen-bond donors (Lipinski definition) is 0. The molecule has 3 aromatic heterocycles. The van der Waals surface area contributed by atoms with E-state index < -0.39 is 4.92 Å². The van der Waals surface area contributed by atoms with Crippen molar-refractivity contribution in [3.8, 4) is 17.4 Å². The van der Waals surface area contributed by atoms with Gasteiger partial charge in [0.2, 0.25) is 0 Å². The molecule has 37 heavy (non-hydrogen) atoms. The molecule has 0 fully saturated rings. The minimum Gasteiger partial charge on any atom is -0.457 e. The van der Waals surface area contributed by atoms with Gasteiger partial charge in [0, 0.05) is 43.3 Å². The van der Waals surface area contributed by atoms with Gasteiger partial charge in [0.05, 0.1) is 9.46 Å². The summed E-state index contributed by atoms with van der Waals surface area (Å²) in [5.74, 6) is 2.29. The summed E-state index contributed by atoms with van der Waals surface area (Å²) in [6.07, 6.45) is 7.16. The number of aryl methyl sites for hydroxylation is 1. The first-order valence-corrected chi connectivity index (χ1v) is 12.6. The highest BCUT2D eigenvalue weighted by Crippen LogP contribution is 2.25. The van der Waals surface area contributed by atoms with E-state index >= 15 is 0 Å². The summed E-state index contributed by atoms with van der Waals surface area (Å²) in [5.41, 5.74) is 0.700. The molecule has 4 aromatic rings. The number of nitrogens with zero attached hydrogens (tertiary/aromatic N) is 6. The maximum Gasteiger partial charge on any atom is 0.269 e. The molecule has 11 heteroatoms. The SMILES string of the molecule is C=CCn1c(=C(C#N)c2nnc3n2CCCCC3)sc(=Cc2ccc(-c3ccc([N+](=O)[O-])cc3)o2)c1=O. The lowest BCUT2D eigenvalue weighted by atomic mass is 10.1. The molecular formula is C26H22N6O4S. The number of thiazole rings is 1. The first-order valence-electron chi connectivity index (χ1n) is 11.7. The Morgan fingerprint density at radius 3 is 2.76 bits per heavy atom. The summed E-state index contributed by atoms with van der Waals surface area (Å²) in [5, 5.41) is 29.6. The van der Waals surface area contributed by atoms with Crippen molar-refractivity contribution in [3.63, 3.8) is 0 Å². The Hall–Kier alpha value is -4.56. The van der Waals surface area contributed by atoms with E-state index in [0.29, 0.717) is 37.7 Å². The fourth-order valence-electron chi connectivity index (χ4n) is 4.33. The summed E-state index contributed by atoms with van der Waals surface area (Å²) in [6.45, 7) is 4.73. The van der Waals surface area contributed by atoms with Gasteiger partial charge >= 0.3 is 0 Å². The Balaban J connectivity index is 1.61. The molecule has 1 aromatic carbocycles. The number of furan rings is 1. The fourth-order valence-corrected chi connectivity index (χ4v) is 5.41. The first-order chi connectivity index (χ1) is 18.0. The molecule has 0 unspecified atom stereocenters. The highest BCUT2D eigenvalue weighted by molar-refractivity contribution is 7.07. The van der Waals surface area contributed by atoms with E-state index in [2.05, 4.69) is 22.8 Å². The zero-order chi connectivity index (χ0) is 25.9. The van der Waals surface area contributed by atoms with Crippen LogP contribution in [-0.2, 0) is 19.5 Å². The van der Waals surface area contributed by atoms with Crippen LogP contribution >= 0.6 is 11.3 Å². The van der Waals surface area contributed by atoms with E-state index in [9.17, 15) is 20.2 Å². The molecule has 0 radical (unpaired) electrons. The van der Waals surface area contributed by atoms with Gasteiger partial charge in [-0.15, -0.1) is 28.1 Å². The van der Waals surface area contributed by atoms with Crippen LogP contribution in [0.15, 0.2) is 58.3 Å². The molecule has 4 heterocycles. The van der Waals surface area contributed by atoms with E-state index in [1.165, 1.54) is 28.0 Å². The zero-order valence-electron chi connectivity index (χ0n) is 19.8. The molecule has 0 atom stereocenters. The molecule has 0 N–H and O–H groups in total. The topological polar surface area (TPSA) is 133 Å². The number of nitriles is 1. The van der Waals surface area contributed by atoms with E-state index in [1.54, 1.807) is 36.4 Å². The molecule has 1 aliphatic rings. The molecule has 0 saturated heterocycles. The molecule has 0 saturated carbocycles. The van der Waals surface area contributed by atoms with E-state index in [1.807, 2.05) is 4.57 Å². The fraction of sp³-hybridized carbons (Fsp3) is 0.231. The van der Waals surface area contributed by atoms with Crippen LogP contribution < -0.4 is 14.8 Å². The predicted octanol–water partition coefficient (Wildman–Crippen LogP) is 3.13. The van der Waals surface area contributed by atoms with Gasteiger partial charge in [-0.1, -0.05) is 12.5 Å². The molecule has 0 spiro atoms. The highest BCUT2D eigenvalue weighted by Gasteiger charge is 2.20. The summed E-state index contributed by atoms with van der Waals surface area (Å²) in [4.78, 5) is 23.8. The molecule has 0 bridgehead atoms. The van der Waals surface area contributed by atoms with E-state index in [-0.39, 0.29) is 17.8 Å². The predicted molar refractivity (Wildman–Crippen MR) is 138 cm³/mol. The van der Waals surface area contributed by atoms with Gasteiger partial charge in [-0.05, 0) is 37.1 Å². The molecular weight excluding hydrogens is 492 g/mol. The Kier molecular flexibility index (Phi) is 6.66. The Bertz CT molecular complexity index is 1720. The van der Waals surface area contributed by atoms with Crippen LogP contribution in [0.25, 0.3) is 23.0 Å². The van der Waals surface area contributed by atoms with Crippen molar-refractivity contribution in [2.75, 3.05) is 0 Å². The lowest BCUT2D eigenvalue weighted by molar-refractivity contribution is -0.384. The third-order valence-corrected chi connectivity index (χ3v) is 7.27. The third-order valence-electron chi connectivity index (χ3n) is 6.14. The second-order valence-electron chi connectivity index (χ2n) is 8.52. The summed E-state index contributed by atoms with van der Waals surface area (Å²) < 4.78 is 10.3. The Labute approximate surface area is 214 Å². The number of nitro benzene ring substituents is 1.